The van der Waals surface area contributed by atoms with E-state index in [0.717, 1.165) is 12.4 Å². The molecule has 0 saturated carbocycles. The molecule has 0 fully saturated rings. The summed E-state index contributed by atoms with van der Waals surface area (Å²) in [6.07, 6.45) is 0. The second-order valence-corrected chi connectivity index (χ2v) is 3.60. The van der Waals surface area contributed by atoms with Crippen molar-refractivity contribution in [3.8, 4) is 0 Å². The van der Waals surface area contributed by atoms with Gasteiger partial charge in [-0.3, -0.25) is 10.7 Å². The average molecular weight is 129 g/mol. The van der Waals surface area contributed by atoms with Crippen molar-refractivity contribution in [1.29, 1.82) is 0 Å². The van der Waals surface area contributed by atoms with Crippen LogP contribution in [0.15, 0.2) is 0 Å². The van der Waals surface area contributed by atoms with Crippen molar-refractivity contribution in [2.45, 2.75) is 27.7 Å². The van der Waals surface area contributed by atoms with Crippen LogP contribution in [0.4, 0.5) is 0 Å². The van der Waals surface area contributed by atoms with E-state index in [9.17, 15) is 0 Å². The van der Waals surface area contributed by atoms with Crippen LogP contribution in [0.3, 0.4) is 0 Å². The van der Waals surface area contributed by atoms with Crippen molar-refractivity contribution < 1.29 is 4.99 Å². The maximum atomic E-state index is 5.41. The first kappa shape index (κ1) is 8.47. The zero-order valence-electron chi connectivity index (χ0n) is 6.78. The lowest BCUT2D eigenvalue weighted by Crippen LogP contribution is -2.77. The Labute approximate surface area is 57.2 Å². The standard InChI is InChI=1S/C7H16N2/c1-6(8)9-5-7(2,3)4/h5H2,1-4H3,(H2,8,9)/p+1. The molecule has 0 bridgehead atoms. The first-order valence-corrected chi connectivity index (χ1v) is 3.25. The number of rotatable bonds is 1. The fourth-order valence-electron chi connectivity index (χ4n) is 0.405. The van der Waals surface area contributed by atoms with Crippen LogP contribution in [-0.4, -0.2) is 12.4 Å². The van der Waals surface area contributed by atoms with Gasteiger partial charge in [0.1, 0.15) is 0 Å². The third kappa shape index (κ3) is 7.47. The summed E-state index contributed by atoms with van der Waals surface area (Å²) < 4.78 is 0. The van der Waals surface area contributed by atoms with Gasteiger partial charge < -0.3 is 0 Å². The van der Waals surface area contributed by atoms with E-state index >= 15 is 0 Å². The third-order valence-corrected chi connectivity index (χ3v) is 0.898. The van der Waals surface area contributed by atoms with Crippen molar-refractivity contribution >= 4 is 5.84 Å². The summed E-state index contributed by atoms with van der Waals surface area (Å²) in [5.74, 6) is 0.796. The van der Waals surface area contributed by atoms with E-state index in [2.05, 4.69) is 25.8 Å². The molecule has 0 aromatic carbocycles. The highest BCUT2D eigenvalue weighted by Gasteiger charge is 2.09. The molecule has 54 valence electrons. The second kappa shape index (κ2) is 2.85. The Morgan fingerprint density at radius 2 is 1.89 bits per heavy atom. The molecule has 0 aromatic rings. The Morgan fingerprint density at radius 1 is 1.44 bits per heavy atom. The molecule has 0 spiro atoms. The van der Waals surface area contributed by atoms with Gasteiger partial charge in [-0.25, -0.2) is 0 Å². The van der Waals surface area contributed by atoms with E-state index in [1.807, 2.05) is 6.92 Å². The van der Waals surface area contributed by atoms with Crippen molar-refractivity contribution in [2.75, 3.05) is 6.54 Å². The van der Waals surface area contributed by atoms with Crippen LogP contribution in [0, 0.1) is 5.41 Å². The highest BCUT2D eigenvalue weighted by molar-refractivity contribution is 5.70. The Kier molecular flexibility index (Phi) is 2.68. The Bertz CT molecular complexity index is 105. The van der Waals surface area contributed by atoms with Crippen LogP contribution < -0.4 is 10.7 Å². The first-order valence-electron chi connectivity index (χ1n) is 3.25. The summed E-state index contributed by atoms with van der Waals surface area (Å²) in [4.78, 5) is 3.08. The van der Waals surface area contributed by atoms with Gasteiger partial charge in [-0.15, -0.1) is 0 Å². The molecular weight excluding hydrogens is 112 g/mol. The lowest BCUT2D eigenvalue weighted by Gasteiger charge is -2.11. The highest BCUT2D eigenvalue weighted by Crippen LogP contribution is 2.07. The molecular formula is C7H17N2+. The smallest absolute Gasteiger partial charge is 0.237 e. The molecule has 0 amide bonds. The normalized spacial score (nSPS) is 14.0. The van der Waals surface area contributed by atoms with Gasteiger partial charge in [0.25, 0.3) is 0 Å². The van der Waals surface area contributed by atoms with Gasteiger partial charge in [0.2, 0.25) is 5.84 Å². The van der Waals surface area contributed by atoms with E-state index < -0.39 is 0 Å². The Morgan fingerprint density at radius 3 is 2.00 bits per heavy atom. The van der Waals surface area contributed by atoms with Crippen molar-refractivity contribution in [3.05, 3.63) is 0 Å². The summed E-state index contributed by atoms with van der Waals surface area (Å²) in [5, 5.41) is 0. The maximum Gasteiger partial charge on any atom is 0.237 e. The number of amidine groups is 1. The zero-order chi connectivity index (χ0) is 7.49. The average Bonchev–Trinajstić information content (AvgIpc) is 1.59. The highest BCUT2D eigenvalue weighted by atomic mass is 14.8. The summed E-state index contributed by atoms with van der Waals surface area (Å²) >= 11 is 0. The molecule has 0 radical (unpaired) electrons. The van der Waals surface area contributed by atoms with Crippen LogP contribution in [0.5, 0.6) is 0 Å². The SMILES string of the molecule is CC(N)=[NH+]CC(C)(C)C. The van der Waals surface area contributed by atoms with Crippen molar-refractivity contribution in [2.24, 2.45) is 11.1 Å². The molecule has 0 aliphatic rings. The van der Waals surface area contributed by atoms with Gasteiger partial charge >= 0.3 is 0 Å². The van der Waals surface area contributed by atoms with E-state index in [1.54, 1.807) is 0 Å². The molecule has 0 rings (SSSR count). The van der Waals surface area contributed by atoms with Gasteiger partial charge in [0, 0.05) is 6.92 Å². The Hall–Kier alpha value is -0.530. The molecule has 0 aromatic heterocycles. The summed E-state index contributed by atoms with van der Waals surface area (Å²) in [5.41, 5.74) is 5.73. The first-order chi connectivity index (χ1) is 3.92. The number of nitrogens with one attached hydrogen (secondary N) is 1. The third-order valence-electron chi connectivity index (χ3n) is 0.898. The van der Waals surface area contributed by atoms with Crippen LogP contribution in [0.2, 0.25) is 0 Å². The zero-order valence-corrected chi connectivity index (χ0v) is 6.78. The molecule has 0 saturated heterocycles. The molecule has 9 heavy (non-hydrogen) atoms. The van der Waals surface area contributed by atoms with E-state index in [4.69, 9.17) is 5.73 Å². The van der Waals surface area contributed by atoms with Crippen LogP contribution in [0.1, 0.15) is 27.7 Å². The van der Waals surface area contributed by atoms with Gasteiger partial charge in [-0.05, 0) is 5.41 Å². The van der Waals surface area contributed by atoms with Crippen LogP contribution in [-0.2, 0) is 0 Å². The van der Waals surface area contributed by atoms with Crippen LogP contribution >= 0.6 is 0 Å². The molecule has 3 N–H and O–H groups in total. The quantitative estimate of drug-likeness (QED) is 0.363. The largest absolute Gasteiger partial charge is 0.291 e. The van der Waals surface area contributed by atoms with Crippen molar-refractivity contribution in [3.63, 3.8) is 0 Å². The maximum absolute atomic E-state index is 5.41. The van der Waals surface area contributed by atoms with Crippen molar-refractivity contribution in [1.82, 2.24) is 0 Å². The topological polar surface area (TPSA) is 40.0 Å². The van der Waals surface area contributed by atoms with E-state index in [-0.39, 0.29) is 0 Å². The van der Waals surface area contributed by atoms with E-state index in [0.29, 0.717) is 5.41 Å². The summed E-state index contributed by atoms with van der Waals surface area (Å²) in [7, 11) is 0. The minimum absolute atomic E-state index is 0.320. The van der Waals surface area contributed by atoms with Gasteiger partial charge in [0.15, 0.2) is 0 Å². The van der Waals surface area contributed by atoms with Gasteiger partial charge in [-0.1, -0.05) is 20.8 Å². The number of hydrogen-bond donors (Lipinski definition) is 2. The molecule has 0 heterocycles. The second-order valence-electron chi connectivity index (χ2n) is 3.60. The fraction of sp³-hybridized carbons (Fsp3) is 0.857. The van der Waals surface area contributed by atoms with Gasteiger partial charge in [0.05, 0.1) is 6.54 Å². The molecule has 0 aliphatic carbocycles. The lowest BCUT2D eigenvalue weighted by atomic mass is 9.97. The minimum atomic E-state index is 0.320. The van der Waals surface area contributed by atoms with Crippen LogP contribution in [0.25, 0.3) is 0 Å². The summed E-state index contributed by atoms with van der Waals surface area (Å²) in [6.45, 7) is 9.32. The fourth-order valence-corrected chi connectivity index (χ4v) is 0.405. The Balaban J connectivity index is 3.64. The molecule has 2 heteroatoms. The number of nitrogens with two attached hydrogens (primary N) is 1. The van der Waals surface area contributed by atoms with E-state index in [1.165, 1.54) is 0 Å². The molecule has 2 nitrogen and oxygen atoms in total. The summed E-state index contributed by atoms with van der Waals surface area (Å²) in [6, 6.07) is 0. The lowest BCUT2D eigenvalue weighted by molar-refractivity contribution is -0.474. The molecule has 0 atom stereocenters. The molecule has 0 aliphatic heterocycles. The van der Waals surface area contributed by atoms with Gasteiger partial charge in [-0.2, -0.15) is 0 Å². The predicted octanol–water partition coefficient (Wildman–Crippen LogP) is -0.510. The number of hydrogen-bond acceptors (Lipinski definition) is 0. The molecule has 0 unspecified atom stereocenters. The predicted molar refractivity (Wildman–Crippen MR) is 40.2 cm³/mol. The minimum Gasteiger partial charge on any atom is -0.291 e. The monoisotopic (exact) mass is 129 g/mol.